The van der Waals surface area contributed by atoms with Crippen molar-refractivity contribution >= 4 is 33.8 Å². The number of rotatable bonds is 4. The van der Waals surface area contributed by atoms with Gasteiger partial charge in [0.2, 0.25) is 5.91 Å². The molecular formula is C19H22N2O2S. The second kappa shape index (κ2) is 7.18. The van der Waals surface area contributed by atoms with Crippen LogP contribution >= 0.6 is 11.3 Å². The maximum absolute atomic E-state index is 12.9. The fourth-order valence-electron chi connectivity index (χ4n) is 3.01. The van der Waals surface area contributed by atoms with Gasteiger partial charge in [0.15, 0.2) is 0 Å². The number of nitrogens with one attached hydrogen (secondary N) is 2. The molecule has 0 saturated carbocycles. The first-order valence-corrected chi connectivity index (χ1v) is 9.21. The third-order valence-electron chi connectivity index (χ3n) is 4.34. The molecule has 1 aliphatic rings. The molecule has 1 aliphatic carbocycles. The van der Waals surface area contributed by atoms with Gasteiger partial charge in [-0.25, -0.2) is 0 Å². The Balaban J connectivity index is 1.94. The first-order valence-electron chi connectivity index (χ1n) is 8.39. The molecule has 0 aliphatic heterocycles. The van der Waals surface area contributed by atoms with Gasteiger partial charge in [-0.15, -0.1) is 11.3 Å². The van der Waals surface area contributed by atoms with E-state index in [1.807, 2.05) is 37.3 Å². The van der Waals surface area contributed by atoms with Crippen LogP contribution < -0.4 is 10.6 Å². The van der Waals surface area contributed by atoms with Gasteiger partial charge in [-0.3, -0.25) is 9.59 Å². The van der Waals surface area contributed by atoms with Crippen LogP contribution in [0.3, 0.4) is 0 Å². The zero-order chi connectivity index (χ0) is 17.1. The van der Waals surface area contributed by atoms with Crippen molar-refractivity contribution in [2.45, 2.75) is 39.5 Å². The maximum Gasteiger partial charge on any atom is 0.258 e. The van der Waals surface area contributed by atoms with E-state index >= 15 is 0 Å². The molecule has 1 aromatic heterocycles. The number of carbonyl (C=O) groups is 2. The molecule has 3 rings (SSSR count). The number of anilines is 2. The van der Waals surface area contributed by atoms with Gasteiger partial charge in [0.1, 0.15) is 5.00 Å². The summed E-state index contributed by atoms with van der Waals surface area (Å²) in [6.07, 6.45) is 3.36. The smallest absolute Gasteiger partial charge is 0.258 e. The summed E-state index contributed by atoms with van der Waals surface area (Å²) in [4.78, 5) is 26.0. The molecule has 0 saturated heterocycles. The summed E-state index contributed by atoms with van der Waals surface area (Å²) < 4.78 is 0. The molecule has 1 heterocycles. The van der Waals surface area contributed by atoms with E-state index in [4.69, 9.17) is 0 Å². The second-order valence-electron chi connectivity index (χ2n) is 6.28. The third kappa shape index (κ3) is 3.51. The quantitative estimate of drug-likeness (QED) is 0.861. The number of hydrogen-bond acceptors (Lipinski definition) is 3. The zero-order valence-electron chi connectivity index (χ0n) is 14.0. The monoisotopic (exact) mass is 342 g/mol. The summed E-state index contributed by atoms with van der Waals surface area (Å²) in [5, 5.41) is 6.56. The molecule has 24 heavy (non-hydrogen) atoms. The second-order valence-corrected chi connectivity index (χ2v) is 7.38. The van der Waals surface area contributed by atoms with Crippen molar-refractivity contribution in [3.63, 3.8) is 0 Å². The number of para-hydroxylation sites is 1. The Morgan fingerprint density at radius 2 is 1.96 bits per heavy atom. The van der Waals surface area contributed by atoms with Crippen LogP contribution in [0.5, 0.6) is 0 Å². The van der Waals surface area contributed by atoms with Crippen LogP contribution in [0, 0.1) is 5.92 Å². The minimum absolute atomic E-state index is 0.0598. The molecule has 126 valence electrons. The Labute approximate surface area is 146 Å². The van der Waals surface area contributed by atoms with Gasteiger partial charge in [-0.2, -0.15) is 0 Å². The molecular weight excluding hydrogens is 320 g/mol. The highest BCUT2D eigenvalue weighted by Gasteiger charge is 2.28. The van der Waals surface area contributed by atoms with E-state index in [9.17, 15) is 9.59 Å². The van der Waals surface area contributed by atoms with E-state index in [2.05, 4.69) is 17.6 Å². The van der Waals surface area contributed by atoms with E-state index in [1.165, 1.54) is 4.88 Å². The van der Waals surface area contributed by atoms with Crippen molar-refractivity contribution in [3.8, 4) is 0 Å². The molecule has 5 heteroatoms. The van der Waals surface area contributed by atoms with Crippen LogP contribution in [-0.2, 0) is 17.6 Å². The van der Waals surface area contributed by atoms with Crippen LogP contribution in [0.15, 0.2) is 30.3 Å². The summed E-state index contributed by atoms with van der Waals surface area (Å²) in [7, 11) is 0. The SMILES string of the molecule is CCC(=O)Nc1sc2c(c1C(=O)Nc1ccccc1)CC[C@@H](C)C2. The Hall–Kier alpha value is -2.14. The average molecular weight is 342 g/mol. The van der Waals surface area contributed by atoms with E-state index in [-0.39, 0.29) is 11.8 Å². The predicted molar refractivity (Wildman–Crippen MR) is 98.8 cm³/mol. The summed E-state index contributed by atoms with van der Waals surface area (Å²) in [6, 6.07) is 9.42. The molecule has 0 spiro atoms. The lowest BCUT2D eigenvalue weighted by Crippen LogP contribution is -2.19. The number of hydrogen-bond donors (Lipinski definition) is 2. The topological polar surface area (TPSA) is 58.2 Å². The lowest BCUT2D eigenvalue weighted by molar-refractivity contribution is -0.115. The molecule has 0 radical (unpaired) electrons. The Bertz CT molecular complexity index is 752. The first kappa shape index (κ1) is 16.7. The molecule has 0 bridgehead atoms. The number of thiophene rings is 1. The van der Waals surface area contributed by atoms with Crippen molar-refractivity contribution < 1.29 is 9.59 Å². The van der Waals surface area contributed by atoms with Crippen LogP contribution in [-0.4, -0.2) is 11.8 Å². The highest BCUT2D eigenvalue weighted by Crippen LogP contribution is 2.40. The minimum Gasteiger partial charge on any atom is -0.322 e. The number of fused-ring (bicyclic) bond motifs is 1. The minimum atomic E-state index is -0.139. The fraction of sp³-hybridized carbons (Fsp3) is 0.368. The van der Waals surface area contributed by atoms with Gasteiger partial charge >= 0.3 is 0 Å². The van der Waals surface area contributed by atoms with Crippen LogP contribution in [0.4, 0.5) is 10.7 Å². The van der Waals surface area contributed by atoms with E-state index < -0.39 is 0 Å². The van der Waals surface area contributed by atoms with Crippen LogP contribution in [0.2, 0.25) is 0 Å². The molecule has 0 unspecified atom stereocenters. The zero-order valence-corrected chi connectivity index (χ0v) is 14.8. The summed E-state index contributed by atoms with van der Waals surface area (Å²) in [6.45, 7) is 4.05. The Kier molecular flexibility index (Phi) is 5.00. The maximum atomic E-state index is 12.9. The van der Waals surface area contributed by atoms with Crippen molar-refractivity contribution in [2.24, 2.45) is 5.92 Å². The molecule has 2 N–H and O–H groups in total. The molecule has 4 nitrogen and oxygen atoms in total. The van der Waals surface area contributed by atoms with Gasteiger partial charge < -0.3 is 10.6 Å². The van der Waals surface area contributed by atoms with E-state index in [0.29, 0.717) is 22.9 Å². The summed E-state index contributed by atoms with van der Waals surface area (Å²) in [5.74, 6) is 0.422. The standard InChI is InChI=1S/C19H22N2O2S/c1-3-16(22)21-19-17(14-10-9-12(2)11-15(14)24-19)18(23)20-13-7-5-4-6-8-13/h4-8,12H,3,9-11H2,1-2H3,(H,20,23)(H,21,22)/t12-/m1/s1. The van der Waals surface area contributed by atoms with Crippen LogP contribution in [0.1, 0.15) is 47.5 Å². The van der Waals surface area contributed by atoms with Crippen molar-refractivity contribution in [1.82, 2.24) is 0 Å². The van der Waals surface area contributed by atoms with Crippen molar-refractivity contribution in [3.05, 3.63) is 46.3 Å². The molecule has 2 amide bonds. The van der Waals surface area contributed by atoms with Crippen molar-refractivity contribution in [2.75, 3.05) is 10.6 Å². The van der Waals surface area contributed by atoms with Gasteiger partial charge in [0, 0.05) is 17.0 Å². The highest BCUT2D eigenvalue weighted by molar-refractivity contribution is 7.17. The predicted octanol–water partition coefficient (Wildman–Crippen LogP) is 4.47. The largest absolute Gasteiger partial charge is 0.322 e. The number of benzene rings is 1. The number of carbonyl (C=O) groups excluding carboxylic acids is 2. The summed E-state index contributed by atoms with van der Waals surface area (Å²) in [5.41, 5.74) is 2.52. The Morgan fingerprint density at radius 3 is 2.67 bits per heavy atom. The summed E-state index contributed by atoms with van der Waals surface area (Å²) >= 11 is 1.56. The average Bonchev–Trinajstić information content (AvgIpc) is 2.92. The normalized spacial score (nSPS) is 16.3. The third-order valence-corrected chi connectivity index (χ3v) is 5.51. The van der Waals surface area contributed by atoms with Gasteiger partial charge in [-0.1, -0.05) is 32.0 Å². The molecule has 2 aromatic rings. The first-order chi connectivity index (χ1) is 11.6. The molecule has 1 aromatic carbocycles. The fourth-order valence-corrected chi connectivity index (χ4v) is 4.43. The van der Waals surface area contributed by atoms with Gasteiger partial charge in [-0.05, 0) is 42.9 Å². The Morgan fingerprint density at radius 1 is 1.21 bits per heavy atom. The van der Waals surface area contributed by atoms with Gasteiger partial charge in [0.25, 0.3) is 5.91 Å². The lowest BCUT2D eigenvalue weighted by atomic mass is 9.88. The van der Waals surface area contributed by atoms with Crippen molar-refractivity contribution in [1.29, 1.82) is 0 Å². The van der Waals surface area contributed by atoms with E-state index in [1.54, 1.807) is 11.3 Å². The number of amides is 2. The molecule has 0 fully saturated rings. The van der Waals surface area contributed by atoms with Gasteiger partial charge in [0.05, 0.1) is 5.56 Å². The van der Waals surface area contributed by atoms with E-state index in [0.717, 1.165) is 30.5 Å². The molecule has 1 atom stereocenters. The highest BCUT2D eigenvalue weighted by atomic mass is 32.1. The van der Waals surface area contributed by atoms with Crippen LogP contribution in [0.25, 0.3) is 0 Å². The lowest BCUT2D eigenvalue weighted by Gasteiger charge is -2.18.